The van der Waals surface area contributed by atoms with Crippen LogP contribution in [0, 0.1) is 11.8 Å². The number of rotatable bonds is 6. The zero-order chi connectivity index (χ0) is 12.0. The maximum Gasteiger partial charge on any atom is 0.326 e. The molecule has 2 N–H and O–H groups in total. The fraction of sp³-hybridized carbons (Fsp3) is 0.818. The van der Waals surface area contributed by atoms with Crippen molar-refractivity contribution in [2.45, 2.75) is 46.6 Å². The van der Waals surface area contributed by atoms with Gasteiger partial charge in [-0.2, -0.15) is 0 Å². The first-order valence-corrected chi connectivity index (χ1v) is 5.47. The van der Waals surface area contributed by atoms with E-state index < -0.39 is 12.0 Å². The number of hydrogen-bond acceptors (Lipinski definition) is 2. The molecule has 0 rings (SSSR count). The van der Waals surface area contributed by atoms with Gasteiger partial charge in [0, 0.05) is 5.92 Å². The van der Waals surface area contributed by atoms with E-state index in [1.54, 1.807) is 13.8 Å². The number of nitrogens with one attached hydrogen (secondary N) is 1. The summed E-state index contributed by atoms with van der Waals surface area (Å²) in [6, 6.07) is -0.780. The van der Waals surface area contributed by atoms with Crippen LogP contribution in [0.2, 0.25) is 0 Å². The van der Waals surface area contributed by atoms with E-state index in [1.165, 1.54) is 0 Å². The van der Waals surface area contributed by atoms with Gasteiger partial charge in [0.1, 0.15) is 6.04 Å². The van der Waals surface area contributed by atoms with Crippen LogP contribution < -0.4 is 5.32 Å². The number of carboxylic acid groups (broad SMARTS) is 1. The lowest BCUT2D eigenvalue weighted by atomic mass is 9.99. The van der Waals surface area contributed by atoms with E-state index in [2.05, 4.69) is 5.32 Å². The van der Waals surface area contributed by atoms with Crippen LogP contribution in [0.4, 0.5) is 0 Å². The van der Waals surface area contributed by atoms with Gasteiger partial charge in [-0.3, -0.25) is 4.79 Å². The Bertz CT molecular complexity index is 222. The second-order valence-corrected chi connectivity index (χ2v) is 4.08. The van der Waals surface area contributed by atoms with Crippen LogP contribution in [0.1, 0.15) is 40.5 Å². The quantitative estimate of drug-likeness (QED) is 0.708. The van der Waals surface area contributed by atoms with E-state index in [0.717, 1.165) is 12.8 Å². The van der Waals surface area contributed by atoms with Crippen molar-refractivity contribution < 1.29 is 14.7 Å². The highest BCUT2D eigenvalue weighted by atomic mass is 16.4. The molecule has 4 heteroatoms. The predicted octanol–water partition coefficient (Wildman–Crippen LogP) is 1.65. The molecule has 0 aromatic carbocycles. The molecule has 4 nitrogen and oxygen atoms in total. The molecule has 0 saturated heterocycles. The molecule has 0 fully saturated rings. The van der Waals surface area contributed by atoms with Crippen LogP contribution >= 0.6 is 0 Å². The van der Waals surface area contributed by atoms with Crippen molar-refractivity contribution >= 4 is 11.9 Å². The van der Waals surface area contributed by atoms with Gasteiger partial charge in [-0.25, -0.2) is 4.79 Å². The third-order valence-electron chi connectivity index (χ3n) is 2.59. The monoisotopic (exact) mass is 215 g/mol. The van der Waals surface area contributed by atoms with E-state index >= 15 is 0 Å². The third kappa shape index (κ3) is 4.32. The molecule has 0 aromatic heterocycles. The first-order valence-electron chi connectivity index (χ1n) is 5.47. The van der Waals surface area contributed by atoms with Gasteiger partial charge in [-0.05, 0) is 18.8 Å². The molecule has 0 aliphatic heterocycles. The lowest BCUT2D eigenvalue weighted by Gasteiger charge is -2.20. The van der Waals surface area contributed by atoms with Crippen molar-refractivity contribution in [1.29, 1.82) is 0 Å². The van der Waals surface area contributed by atoms with Crippen LogP contribution in [-0.2, 0) is 9.59 Å². The molecule has 1 amide bonds. The molecular formula is C11H21NO3. The predicted molar refractivity (Wildman–Crippen MR) is 58.5 cm³/mol. The number of hydrogen-bond donors (Lipinski definition) is 2. The minimum atomic E-state index is -0.968. The van der Waals surface area contributed by atoms with Gasteiger partial charge in [-0.15, -0.1) is 0 Å². The summed E-state index contributed by atoms with van der Waals surface area (Å²) in [6.07, 6.45) is 1.49. The van der Waals surface area contributed by atoms with Crippen molar-refractivity contribution in [3.63, 3.8) is 0 Å². The Kier molecular flexibility index (Phi) is 5.97. The summed E-state index contributed by atoms with van der Waals surface area (Å²) in [7, 11) is 0. The van der Waals surface area contributed by atoms with Crippen molar-refractivity contribution in [3.8, 4) is 0 Å². The van der Waals surface area contributed by atoms with Crippen LogP contribution in [0.3, 0.4) is 0 Å². The highest BCUT2D eigenvalue weighted by molar-refractivity contribution is 5.85. The molecule has 0 heterocycles. The van der Waals surface area contributed by atoms with Crippen molar-refractivity contribution in [3.05, 3.63) is 0 Å². The van der Waals surface area contributed by atoms with Crippen LogP contribution in [0.15, 0.2) is 0 Å². The number of amides is 1. The number of carbonyl (C=O) groups excluding carboxylic acids is 1. The molecular weight excluding hydrogens is 194 g/mol. The Balaban J connectivity index is 4.41. The number of carbonyl (C=O) groups is 2. The van der Waals surface area contributed by atoms with Gasteiger partial charge in [0.25, 0.3) is 0 Å². The molecule has 88 valence electrons. The zero-order valence-corrected chi connectivity index (χ0v) is 9.91. The average molecular weight is 215 g/mol. The van der Waals surface area contributed by atoms with Gasteiger partial charge in [-0.1, -0.05) is 27.7 Å². The SMILES string of the molecule is CCC(CC)C(=O)N[C@H](C(=O)O)C(C)C. The van der Waals surface area contributed by atoms with Crippen LogP contribution in [0.5, 0.6) is 0 Å². The van der Waals surface area contributed by atoms with Gasteiger partial charge in [0.2, 0.25) is 5.91 Å². The second-order valence-electron chi connectivity index (χ2n) is 4.08. The lowest BCUT2D eigenvalue weighted by Crippen LogP contribution is -2.46. The Hall–Kier alpha value is -1.06. The smallest absolute Gasteiger partial charge is 0.326 e. The summed E-state index contributed by atoms with van der Waals surface area (Å²) < 4.78 is 0. The normalized spacial score (nSPS) is 12.9. The summed E-state index contributed by atoms with van der Waals surface area (Å²) in [5.74, 6) is -1.29. The fourth-order valence-corrected chi connectivity index (χ4v) is 1.44. The first-order chi connectivity index (χ1) is 6.93. The van der Waals surface area contributed by atoms with Gasteiger partial charge in [0.15, 0.2) is 0 Å². The molecule has 0 unspecified atom stereocenters. The van der Waals surface area contributed by atoms with Crippen molar-refractivity contribution in [2.75, 3.05) is 0 Å². The fourth-order valence-electron chi connectivity index (χ4n) is 1.44. The van der Waals surface area contributed by atoms with Gasteiger partial charge < -0.3 is 10.4 Å². The summed E-state index contributed by atoms with van der Waals surface area (Å²) >= 11 is 0. The minimum Gasteiger partial charge on any atom is -0.480 e. The summed E-state index contributed by atoms with van der Waals surface area (Å²) in [6.45, 7) is 7.43. The highest BCUT2D eigenvalue weighted by Gasteiger charge is 2.25. The topological polar surface area (TPSA) is 66.4 Å². The first kappa shape index (κ1) is 13.9. The minimum absolute atomic E-state index is 0.0781. The zero-order valence-electron chi connectivity index (χ0n) is 9.91. The molecule has 0 saturated carbocycles. The van der Waals surface area contributed by atoms with Crippen molar-refractivity contribution in [1.82, 2.24) is 5.32 Å². The van der Waals surface area contributed by atoms with E-state index in [9.17, 15) is 9.59 Å². The van der Waals surface area contributed by atoms with E-state index in [-0.39, 0.29) is 17.7 Å². The Labute approximate surface area is 91.1 Å². The van der Waals surface area contributed by atoms with Crippen molar-refractivity contribution in [2.24, 2.45) is 11.8 Å². The molecule has 1 atom stereocenters. The van der Waals surface area contributed by atoms with E-state index in [4.69, 9.17) is 5.11 Å². The number of carboxylic acids is 1. The Morgan fingerprint density at radius 1 is 1.20 bits per heavy atom. The van der Waals surface area contributed by atoms with Crippen LogP contribution in [0.25, 0.3) is 0 Å². The summed E-state index contributed by atoms with van der Waals surface area (Å²) in [4.78, 5) is 22.5. The molecule has 0 aromatic rings. The standard InChI is InChI=1S/C11H21NO3/c1-5-8(6-2)10(13)12-9(7(3)4)11(14)15/h7-9H,5-6H2,1-4H3,(H,12,13)(H,14,15)/t9-/m0/s1. The maximum atomic E-state index is 11.7. The Morgan fingerprint density at radius 2 is 1.67 bits per heavy atom. The second kappa shape index (κ2) is 6.43. The molecule has 0 spiro atoms. The molecule has 0 bridgehead atoms. The lowest BCUT2D eigenvalue weighted by molar-refractivity contribution is -0.143. The third-order valence-corrected chi connectivity index (χ3v) is 2.59. The van der Waals surface area contributed by atoms with Crippen LogP contribution in [-0.4, -0.2) is 23.0 Å². The highest BCUT2D eigenvalue weighted by Crippen LogP contribution is 2.09. The average Bonchev–Trinajstić information content (AvgIpc) is 2.15. The van der Waals surface area contributed by atoms with Gasteiger partial charge >= 0.3 is 5.97 Å². The molecule has 0 radical (unpaired) electrons. The molecule has 0 aliphatic rings. The molecule has 15 heavy (non-hydrogen) atoms. The van der Waals surface area contributed by atoms with E-state index in [1.807, 2.05) is 13.8 Å². The number of aliphatic carboxylic acids is 1. The molecule has 0 aliphatic carbocycles. The largest absolute Gasteiger partial charge is 0.480 e. The van der Waals surface area contributed by atoms with Gasteiger partial charge in [0.05, 0.1) is 0 Å². The van der Waals surface area contributed by atoms with E-state index in [0.29, 0.717) is 0 Å². The summed E-state index contributed by atoms with van der Waals surface area (Å²) in [5.41, 5.74) is 0. The summed E-state index contributed by atoms with van der Waals surface area (Å²) in [5, 5.41) is 11.5. The maximum absolute atomic E-state index is 11.7. The Morgan fingerprint density at radius 3 is 1.93 bits per heavy atom.